The predicted octanol–water partition coefficient (Wildman–Crippen LogP) is 0.598. The van der Waals surface area contributed by atoms with Crippen LogP contribution in [-0.4, -0.2) is 16.5 Å². The molecule has 0 aliphatic rings. The first-order valence-corrected chi connectivity index (χ1v) is 2.58. The molecule has 9 heavy (non-hydrogen) atoms. The fraction of sp³-hybridized carbons (Fsp3) is 0.167. The van der Waals surface area contributed by atoms with Crippen molar-refractivity contribution in [3.8, 4) is 0 Å². The van der Waals surface area contributed by atoms with Crippen molar-refractivity contribution in [2.45, 2.75) is 6.92 Å². The first kappa shape index (κ1) is 5.88. The number of carbonyl (C=O) groups is 1. The van der Waals surface area contributed by atoms with E-state index >= 15 is 0 Å². The van der Waals surface area contributed by atoms with E-state index < -0.39 is 0 Å². The zero-order valence-electron chi connectivity index (χ0n) is 5.03. The van der Waals surface area contributed by atoms with Crippen molar-refractivity contribution in [3.63, 3.8) is 0 Å². The Labute approximate surface area is 52.7 Å². The van der Waals surface area contributed by atoms with Crippen LogP contribution in [-0.2, 0) is 0 Å². The molecule has 0 unspecified atom stereocenters. The molecular weight excluding hydrogens is 116 g/mol. The van der Waals surface area contributed by atoms with E-state index in [4.69, 9.17) is 0 Å². The molecule has 0 radical (unpaired) electrons. The van der Waals surface area contributed by atoms with E-state index in [0.717, 1.165) is 5.69 Å². The number of carbonyl (C=O) groups excluding carboxylic acids is 1. The highest BCUT2D eigenvalue weighted by molar-refractivity contribution is 5.70. The average molecular weight is 122 g/mol. The van der Waals surface area contributed by atoms with Crippen LogP contribution in [0.2, 0.25) is 0 Å². The minimum absolute atomic E-state index is 0.376. The number of aldehydes is 1. The molecule has 0 aromatic carbocycles. The molecule has 0 saturated heterocycles. The van der Waals surface area contributed by atoms with Gasteiger partial charge in [0.05, 0.1) is 5.69 Å². The van der Waals surface area contributed by atoms with Gasteiger partial charge in [-0.2, -0.15) is 5.10 Å². The molecule has 1 heterocycles. The predicted molar refractivity (Wildman–Crippen MR) is 32.2 cm³/mol. The standard InChI is InChI=1S/C6H6N2O/c1-5-2-3-6(4-9)8-7-5/h2-4H,1H3. The second kappa shape index (κ2) is 2.35. The Morgan fingerprint density at radius 3 is 2.67 bits per heavy atom. The van der Waals surface area contributed by atoms with Gasteiger partial charge in [-0.3, -0.25) is 4.79 Å². The molecule has 1 rings (SSSR count). The molecule has 1 aromatic heterocycles. The van der Waals surface area contributed by atoms with E-state index in [-0.39, 0.29) is 0 Å². The maximum atomic E-state index is 10.0. The summed E-state index contributed by atoms with van der Waals surface area (Å²) in [6.45, 7) is 1.82. The van der Waals surface area contributed by atoms with E-state index in [1.165, 1.54) is 0 Å². The minimum Gasteiger partial charge on any atom is -0.296 e. The molecule has 0 fully saturated rings. The Morgan fingerprint density at radius 2 is 2.22 bits per heavy atom. The molecule has 0 saturated carbocycles. The van der Waals surface area contributed by atoms with Crippen LogP contribution in [0.1, 0.15) is 16.2 Å². The molecule has 3 heteroatoms. The number of hydrogen-bond acceptors (Lipinski definition) is 3. The summed E-state index contributed by atoms with van der Waals surface area (Å²) in [7, 11) is 0. The third kappa shape index (κ3) is 1.32. The van der Waals surface area contributed by atoms with Crippen LogP contribution in [0.25, 0.3) is 0 Å². The molecule has 46 valence electrons. The second-order valence-electron chi connectivity index (χ2n) is 1.72. The molecule has 0 aliphatic heterocycles. The molecular formula is C6H6N2O. The molecule has 0 N–H and O–H groups in total. The van der Waals surface area contributed by atoms with Gasteiger partial charge in [-0.1, -0.05) is 0 Å². The fourth-order valence-electron chi connectivity index (χ4n) is 0.472. The number of aromatic nitrogens is 2. The monoisotopic (exact) mass is 122 g/mol. The number of nitrogens with zero attached hydrogens (tertiary/aromatic N) is 2. The molecule has 0 atom stereocenters. The Hall–Kier alpha value is -1.25. The second-order valence-corrected chi connectivity index (χ2v) is 1.72. The van der Waals surface area contributed by atoms with Crippen LogP contribution in [0.5, 0.6) is 0 Å². The highest BCUT2D eigenvalue weighted by atomic mass is 16.1. The lowest BCUT2D eigenvalue weighted by Crippen LogP contribution is -1.90. The SMILES string of the molecule is Cc1ccc(C=O)nn1. The van der Waals surface area contributed by atoms with E-state index in [9.17, 15) is 4.79 Å². The summed E-state index contributed by atoms with van der Waals surface area (Å²) in [5.74, 6) is 0. The van der Waals surface area contributed by atoms with Crippen molar-refractivity contribution in [2.75, 3.05) is 0 Å². The zero-order chi connectivity index (χ0) is 6.69. The van der Waals surface area contributed by atoms with E-state index in [0.29, 0.717) is 12.0 Å². The van der Waals surface area contributed by atoms with Gasteiger partial charge >= 0.3 is 0 Å². The number of aryl methyl sites for hydroxylation is 1. The van der Waals surface area contributed by atoms with E-state index in [2.05, 4.69) is 10.2 Å². The van der Waals surface area contributed by atoms with Crippen molar-refractivity contribution >= 4 is 6.29 Å². The van der Waals surface area contributed by atoms with E-state index in [1.54, 1.807) is 12.1 Å². The summed E-state index contributed by atoms with van der Waals surface area (Å²) in [6, 6.07) is 3.38. The normalized spacial score (nSPS) is 9.00. The topological polar surface area (TPSA) is 42.9 Å². The molecule has 0 aliphatic carbocycles. The van der Waals surface area contributed by atoms with Crippen LogP contribution < -0.4 is 0 Å². The Kier molecular flexibility index (Phi) is 1.53. The number of rotatable bonds is 1. The fourth-order valence-corrected chi connectivity index (χ4v) is 0.472. The molecule has 0 amide bonds. The third-order valence-corrected chi connectivity index (χ3v) is 0.939. The summed E-state index contributed by atoms with van der Waals surface area (Å²) < 4.78 is 0. The average Bonchev–Trinajstić information content (AvgIpc) is 1.90. The van der Waals surface area contributed by atoms with Gasteiger partial charge in [-0.05, 0) is 19.1 Å². The first-order valence-electron chi connectivity index (χ1n) is 2.58. The highest BCUT2D eigenvalue weighted by Gasteiger charge is 1.88. The van der Waals surface area contributed by atoms with Crippen LogP contribution in [0.4, 0.5) is 0 Å². The van der Waals surface area contributed by atoms with Gasteiger partial charge in [0.15, 0.2) is 6.29 Å². The van der Waals surface area contributed by atoms with Crippen molar-refractivity contribution in [1.82, 2.24) is 10.2 Å². The van der Waals surface area contributed by atoms with Gasteiger partial charge in [0.1, 0.15) is 5.69 Å². The van der Waals surface area contributed by atoms with Gasteiger partial charge in [0.2, 0.25) is 0 Å². The highest BCUT2D eigenvalue weighted by Crippen LogP contribution is 1.89. The van der Waals surface area contributed by atoms with Gasteiger partial charge in [-0.25, -0.2) is 0 Å². The third-order valence-electron chi connectivity index (χ3n) is 0.939. The molecule has 1 aromatic rings. The summed E-state index contributed by atoms with van der Waals surface area (Å²) >= 11 is 0. The largest absolute Gasteiger partial charge is 0.296 e. The van der Waals surface area contributed by atoms with Crippen molar-refractivity contribution in [3.05, 3.63) is 23.5 Å². The van der Waals surface area contributed by atoms with Crippen molar-refractivity contribution < 1.29 is 4.79 Å². The van der Waals surface area contributed by atoms with Crippen LogP contribution in [0, 0.1) is 6.92 Å². The zero-order valence-corrected chi connectivity index (χ0v) is 5.03. The van der Waals surface area contributed by atoms with Gasteiger partial charge in [-0.15, -0.1) is 5.10 Å². The van der Waals surface area contributed by atoms with Gasteiger partial charge in [0.25, 0.3) is 0 Å². The Morgan fingerprint density at radius 1 is 1.44 bits per heavy atom. The van der Waals surface area contributed by atoms with E-state index in [1.807, 2.05) is 6.92 Å². The summed E-state index contributed by atoms with van der Waals surface area (Å²) in [6.07, 6.45) is 0.673. The molecule has 0 bridgehead atoms. The van der Waals surface area contributed by atoms with Gasteiger partial charge < -0.3 is 0 Å². The number of hydrogen-bond donors (Lipinski definition) is 0. The smallest absolute Gasteiger partial charge is 0.170 e. The Bertz CT molecular complexity index is 205. The summed E-state index contributed by atoms with van der Waals surface area (Å²) in [4.78, 5) is 10.0. The lowest BCUT2D eigenvalue weighted by molar-refractivity contribution is 0.111. The van der Waals surface area contributed by atoms with Crippen LogP contribution >= 0.6 is 0 Å². The van der Waals surface area contributed by atoms with Crippen molar-refractivity contribution in [1.29, 1.82) is 0 Å². The first-order chi connectivity index (χ1) is 4.33. The Balaban J connectivity index is 3.01. The molecule has 3 nitrogen and oxygen atoms in total. The summed E-state index contributed by atoms with van der Waals surface area (Å²) in [5, 5.41) is 7.25. The quantitative estimate of drug-likeness (QED) is 0.512. The molecule has 0 spiro atoms. The lowest BCUT2D eigenvalue weighted by atomic mass is 10.4. The maximum Gasteiger partial charge on any atom is 0.170 e. The van der Waals surface area contributed by atoms with Crippen molar-refractivity contribution in [2.24, 2.45) is 0 Å². The summed E-state index contributed by atoms with van der Waals surface area (Å²) in [5.41, 5.74) is 1.20. The maximum absolute atomic E-state index is 10.0. The van der Waals surface area contributed by atoms with Crippen LogP contribution in [0.3, 0.4) is 0 Å². The lowest BCUT2D eigenvalue weighted by Gasteiger charge is -1.87. The minimum atomic E-state index is 0.376. The van der Waals surface area contributed by atoms with Crippen LogP contribution in [0.15, 0.2) is 12.1 Å². The van der Waals surface area contributed by atoms with Gasteiger partial charge in [0, 0.05) is 0 Å².